The van der Waals surface area contributed by atoms with Gasteiger partial charge in [0.1, 0.15) is 5.82 Å². The van der Waals surface area contributed by atoms with Crippen LogP contribution in [-0.2, 0) is 13.0 Å². The third-order valence-electron chi connectivity index (χ3n) is 3.86. The topological polar surface area (TPSA) is 67.1 Å². The van der Waals surface area contributed by atoms with E-state index in [4.69, 9.17) is 0 Å². The Balaban J connectivity index is 1.59. The highest BCUT2D eigenvalue weighted by molar-refractivity contribution is 7.11. The van der Waals surface area contributed by atoms with Gasteiger partial charge in [-0.3, -0.25) is 0 Å². The number of hydrogen-bond acceptors (Lipinski definition) is 4. The van der Waals surface area contributed by atoms with Crippen LogP contribution in [0.15, 0.2) is 48.1 Å². The second-order valence-electron chi connectivity index (χ2n) is 5.99. The maximum Gasteiger partial charge on any atom is 0.191 e. The number of hydrogen-bond donors (Lipinski definition) is 2. The van der Waals surface area contributed by atoms with E-state index in [0.29, 0.717) is 18.2 Å². The van der Waals surface area contributed by atoms with Gasteiger partial charge < -0.3 is 15.2 Å². The molecule has 27 heavy (non-hydrogen) atoms. The molecule has 1 aromatic carbocycles. The molecule has 0 aliphatic heterocycles. The Bertz CT molecular complexity index is 888. The normalized spacial score (nSPS) is 11.6. The minimum absolute atomic E-state index is 0.294. The standard InChI is InChI=1S/C19H23FN6S/c1-3-22-19(23-7-6-18-24-11-14(2)27-18)25-12-15-4-5-17(16(20)10-15)26-9-8-21-13-26/h4-5,8-11,13H,3,6-7,12H2,1-2H3,(H2,22,23,25). The molecule has 8 heteroatoms. The molecule has 0 spiro atoms. The van der Waals surface area contributed by atoms with Crippen LogP contribution in [0.4, 0.5) is 4.39 Å². The molecular weight excluding hydrogens is 363 g/mol. The van der Waals surface area contributed by atoms with Crippen LogP contribution in [0.2, 0.25) is 0 Å². The van der Waals surface area contributed by atoms with Crippen molar-refractivity contribution in [2.24, 2.45) is 4.99 Å². The molecule has 3 rings (SSSR count). The molecule has 0 unspecified atom stereocenters. The number of aryl methyl sites for hydroxylation is 1. The van der Waals surface area contributed by atoms with Gasteiger partial charge in [-0.05, 0) is 31.5 Å². The SMILES string of the molecule is CCNC(=NCc1ccc(-n2ccnc2)c(F)c1)NCCc1ncc(C)s1. The van der Waals surface area contributed by atoms with E-state index in [9.17, 15) is 4.39 Å². The first-order valence-corrected chi connectivity index (χ1v) is 9.67. The summed E-state index contributed by atoms with van der Waals surface area (Å²) < 4.78 is 16.0. The van der Waals surface area contributed by atoms with E-state index in [0.717, 1.165) is 30.1 Å². The van der Waals surface area contributed by atoms with Crippen LogP contribution < -0.4 is 10.6 Å². The molecule has 0 radical (unpaired) electrons. The number of aliphatic imine (C=N–C) groups is 1. The Morgan fingerprint density at radius 1 is 1.33 bits per heavy atom. The van der Waals surface area contributed by atoms with Gasteiger partial charge in [0.05, 0.1) is 23.6 Å². The van der Waals surface area contributed by atoms with Crippen LogP contribution >= 0.6 is 11.3 Å². The Morgan fingerprint density at radius 2 is 2.22 bits per heavy atom. The van der Waals surface area contributed by atoms with Crippen LogP contribution in [-0.4, -0.2) is 33.6 Å². The fraction of sp³-hybridized carbons (Fsp3) is 0.316. The van der Waals surface area contributed by atoms with Gasteiger partial charge in [-0.25, -0.2) is 19.4 Å². The summed E-state index contributed by atoms with van der Waals surface area (Å²) in [5.41, 5.74) is 1.29. The maximum atomic E-state index is 14.3. The number of halogens is 1. The lowest BCUT2D eigenvalue weighted by Gasteiger charge is -2.11. The average molecular weight is 387 g/mol. The highest BCUT2D eigenvalue weighted by Gasteiger charge is 2.06. The van der Waals surface area contributed by atoms with Crippen molar-refractivity contribution >= 4 is 17.3 Å². The lowest BCUT2D eigenvalue weighted by Crippen LogP contribution is -2.38. The monoisotopic (exact) mass is 386 g/mol. The lowest BCUT2D eigenvalue weighted by molar-refractivity contribution is 0.615. The predicted molar refractivity (Wildman–Crippen MR) is 107 cm³/mol. The van der Waals surface area contributed by atoms with Crippen molar-refractivity contribution < 1.29 is 4.39 Å². The molecule has 0 atom stereocenters. The zero-order chi connectivity index (χ0) is 19.1. The second kappa shape index (κ2) is 9.27. The molecule has 2 N–H and O–H groups in total. The first-order valence-electron chi connectivity index (χ1n) is 8.86. The molecule has 0 saturated carbocycles. The van der Waals surface area contributed by atoms with Crippen molar-refractivity contribution in [1.82, 2.24) is 25.2 Å². The fourth-order valence-electron chi connectivity index (χ4n) is 2.58. The second-order valence-corrected chi connectivity index (χ2v) is 7.31. The third kappa shape index (κ3) is 5.37. The van der Waals surface area contributed by atoms with Crippen LogP contribution in [0, 0.1) is 12.7 Å². The molecule has 3 aromatic rings. The first-order chi connectivity index (χ1) is 13.2. The predicted octanol–water partition coefficient (Wildman–Crippen LogP) is 3.07. The zero-order valence-electron chi connectivity index (χ0n) is 15.4. The Hall–Kier alpha value is -2.74. The van der Waals surface area contributed by atoms with Crippen LogP contribution in [0.1, 0.15) is 22.4 Å². The van der Waals surface area contributed by atoms with Crippen molar-refractivity contribution in [2.75, 3.05) is 13.1 Å². The summed E-state index contributed by atoms with van der Waals surface area (Å²) in [6, 6.07) is 5.14. The van der Waals surface area contributed by atoms with Gasteiger partial charge in [-0.2, -0.15) is 0 Å². The summed E-state index contributed by atoms with van der Waals surface area (Å²) in [6.45, 7) is 5.97. The summed E-state index contributed by atoms with van der Waals surface area (Å²) in [5, 5.41) is 7.61. The van der Waals surface area contributed by atoms with E-state index in [1.54, 1.807) is 40.7 Å². The Morgan fingerprint density at radius 3 is 2.89 bits per heavy atom. The minimum Gasteiger partial charge on any atom is -0.357 e. The van der Waals surface area contributed by atoms with Gasteiger partial charge in [0.25, 0.3) is 0 Å². The van der Waals surface area contributed by atoms with Gasteiger partial charge >= 0.3 is 0 Å². The fourth-order valence-corrected chi connectivity index (χ4v) is 3.36. The summed E-state index contributed by atoms with van der Waals surface area (Å²) >= 11 is 1.71. The maximum absolute atomic E-state index is 14.3. The molecular formula is C19H23FN6S. The summed E-state index contributed by atoms with van der Waals surface area (Å²) in [4.78, 5) is 14.1. The summed E-state index contributed by atoms with van der Waals surface area (Å²) in [6.07, 6.45) is 7.65. The molecule has 0 aliphatic carbocycles. The van der Waals surface area contributed by atoms with E-state index >= 15 is 0 Å². The highest BCUT2D eigenvalue weighted by Crippen LogP contribution is 2.15. The number of rotatable bonds is 7. The van der Waals surface area contributed by atoms with E-state index in [1.165, 1.54) is 10.9 Å². The molecule has 0 aliphatic rings. The number of thiazole rings is 1. The van der Waals surface area contributed by atoms with Crippen molar-refractivity contribution in [3.8, 4) is 5.69 Å². The van der Waals surface area contributed by atoms with E-state index < -0.39 is 0 Å². The van der Waals surface area contributed by atoms with E-state index in [1.807, 2.05) is 19.2 Å². The molecule has 6 nitrogen and oxygen atoms in total. The quantitative estimate of drug-likeness (QED) is 0.484. The van der Waals surface area contributed by atoms with E-state index in [-0.39, 0.29) is 5.82 Å². The average Bonchev–Trinajstić information content (AvgIpc) is 3.32. The first kappa shape index (κ1) is 19.0. The number of nitrogens with zero attached hydrogens (tertiary/aromatic N) is 4. The van der Waals surface area contributed by atoms with Crippen molar-refractivity contribution in [3.63, 3.8) is 0 Å². The number of benzene rings is 1. The third-order valence-corrected chi connectivity index (χ3v) is 4.83. The lowest BCUT2D eigenvalue weighted by atomic mass is 10.2. The smallest absolute Gasteiger partial charge is 0.191 e. The highest BCUT2D eigenvalue weighted by atomic mass is 32.1. The van der Waals surface area contributed by atoms with Gasteiger partial charge in [0.15, 0.2) is 5.96 Å². The molecule has 0 saturated heterocycles. The molecule has 0 fully saturated rings. The molecule has 2 aromatic heterocycles. The molecule has 2 heterocycles. The van der Waals surface area contributed by atoms with Crippen LogP contribution in [0.5, 0.6) is 0 Å². The van der Waals surface area contributed by atoms with Gasteiger partial charge in [0, 0.05) is 43.0 Å². The largest absolute Gasteiger partial charge is 0.357 e. The molecule has 142 valence electrons. The Kier molecular flexibility index (Phi) is 6.54. The van der Waals surface area contributed by atoms with Crippen LogP contribution in [0.25, 0.3) is 5.69 Å². The van der Waals surface area contributed by atoms with Crippen molar-refractivity contribution in [3.05, 3.63) is 64.4 Å². The van der Waals surface area contributed by atoms with Gasteiger partial charge in [0.2, 0.25) is 0 Å². The number of imidazole rings is 1. The van der Waals surface area contributed by atoms with Crippen molar-refractivity contribution in [2.45, 2.75) is 26.8 Å². The molecule has 0 bridgehead atoms. The Labute approximate surface area is 162 Å². The summed E-state index contributed by atoms with van der Waals surface area (Å²) in [5.74, 6) is 0.419. The summed E-state index contributed by atoms with van der Waals surface area (Å²) in [7, 11) is 0. The zero-order valence-corrected chi connectivity index (χ0v) is 16.3. The van der Waals surface area contributed by atoms with E-state index in [2.05, 4.69) is 32.5 Å². The molecule has 0 amide bonds. The number of guanidine groups is 1. The van der Waals surface area contributed by atoms with Crippen LogP contribution in [0.3, 0.4) is 0 Å². The van der Waals surface area contributed by atoms with Gasteiger partial charge in [-0.15, -0.1) is 11.3 Å². The number of aromatic nitrogens is 3. The number of nitrogens with one attached hydrogen (secondary N) is 2. The minimum atomic E-state index is -0.294. The van der Waals surface area contributed by atoms with Crippen molar-refractivity contribution in [1.29, 1.82) is 0 Å². The van der Waals surface area contributed by atoms with Gasteiger partial charge in [-0.1, -0.05) is 6.07 Å².